The molecule has 1 heterocycles. The molecule has 0 fully saturated rings. The molecule has 3 N–H and O–H groups in total. The Hall–Kier alpha value is -2.28. The van der Waals surface area contributed by atoms with Crippen LogP contribution in [-0.2, 0) is 4.79 Å². The fourth-order valence-electron chi connectivity index (χ4n) is 1.58. The Bertz CT molecular complexity index is 585. The molecule has 2 rings (SSSR count). The second kappa shape index (κ2) is 5.57. The molecule has 1 aromatic carbocycles. The highest BCUT2D eigenvalue weighted by molar-refractivity contribution is 5.89. The number of nitrogens with zero attached hydrogens (tertiary/aromatic N) is 2. The number of H-pyrrole nitrogens is 1. The molecular weight excluding hydrogens is 251 g/mol. The summed E-state index contributed by atoms with van der Waals surface area (Å²) in [6, 6.07) is 5.49. The first kappa shape index (κ1) is 13.2. The fourth-order valence-corrected chi connectivity index (χ4v) is 1.58. The van der Waals surface area contributed by atoms with Crippen LogP contribution >= 0.6 is 0 Å². The van der Waals surface area contributed by atoms with Crippen molar-refractivity contribution >= 4 is 11.9 Å². The van der Waals surface area contributed by atoms with E-state index in [1.807, 2.05) is 0 Å². The van der Waals surface area contributed by atoms with Crippen LogP contribution in [-0.4, -0.2) is 26.2 Å². The van der Waals surface area contributed by atoms with E-state index in [0.717, 1.165) is 0 Å². The van der Waals surface area contributed by atoms with Crippen molar-refractivity contribution in [2.45, 2.75) is 19.4 Å². The molecule has 6 nitrogen and oxygen atoms in total. The Labute approximate surface area is 108 Å². The lowest BCUT2D eigenvalue weighted by atomic mass is 10.1. The SMILES string of the molecule is Cc1nc(NC(=O)CC(O)c2cccc(F)c2)n[nH]1. The van der Waals surface area contributed by atoms with Crippen LogP contribution in [0.5, 0.6) is 0 Å². The molecular formula is C12H13FN4O2. The standard InChI is InChI=1S/C12H13FN4O2/c1-7-14-12(17-16-7)15-11(19)6-10(18)8-3-2-4-9(13)5-8/h2-5,10,18H,6H2,1H3,(H2,14,15,16,17,19). The topological polar surface area (TPSA) is 90.9 Å². The van der Waals surface area contributed by atoms with Gasteiger partial charge in [-0.15, -0.1) is 5.10 Å². The minimum atomic E-state index is -1.07. The first-order valence-electron chi connectivity index (χ1n) is 5.67. The Morgan fingerprint density at radius 2 is 2.37 bits per heavy atom. The lowest BCUT2D eigenvalue weighted by Crippen LogP contribution is -2.16. The normalized spacial score (nSPS) is 12.2. The molecule has 1 atom stereocenters. The smallest absolute Gasteiger partial charge is 0.248 e. The van der Waals surface area contributed by atoms with Crippen molar-refractivity contribution in [1.82, 2.24) is 15.2 Å². The van der Waals surface area contributed by atoms with Gasteiger partial charge in [-0.05, 0) is 24.6 Å². The summed E-state index contributed by atoms with van der Waals surface area (Å²) in [5, 5.41) is 18.6. The molecule has 0 saturated heterocycles. The summed E-state index contributed by atoms with van der Waals surface area (Å²) >= 11 is 0. The van der Waals surface area contributed by atoms with Gasteiger partial charge in [0.1, 0.15) is 11.6 Å². The molecule has 7 heteroatoms. The minimum absolute atomic E-state index is 0.147. The van der Waals surface area contributed by atoms with Crippen molar-refractivity contribution in [3.63, 3.8) is 0 Å². The number of halogens is 1. The number of hydrogen-bond acceptors (Lipinski definition) is 4. The van der Waals surface area contributed by atoms with E-state index in [-0.39, 0.29) is 12.4 Å². The summed E-state index contributed by atoms with van der Waals surface area (Å²) in [7, 11) is 0. The van der Waals surface area contributed by atoms with Gasteiger partial charge in [0.2, 0.25) is 11.9 Å². The molecule has 1 amide bonds. The van der Waals surface area contributed by atoms with Crippen LogP contribution in [0.1, 0.15) is 23.9 Å². The molecule has 1 aromatic heterocycles. The average molecular weight is 264 g/mol. The van der Waals surface area contributed by atoms with Crippen molar-refractivity contribution in [3.8, 4) is 0 Å². The Morgan fingerprint density at radius 3 is 3.00 bits per heavy atom. The van der Waals surface area contributed by atoms with Gasteiger partial charge in [-0.3, -0.25) is 15.2 Å². The largest absolute Gasteiger partial charge is 0.388 e. The summed E-state index contributed by atoms with van der Waals surface area (Å²) < 4.78 is 13.0. The van der Waals surface area contributed by atoms with Crippen LogP contribution in [0, 0.1) is 12.7 Å². The van der Waals surface area contributed by atoms with Crippen LogP contribution in [0.3, 0.4) is 0 Å². The molecule has 0 saturated carbocycles. The maximum absolute atomic E-state index is 13.0. The van der Waals surface area contributed by atoms with E-state index in [4.69, 9.17) is 0 Å². The van der Waals surface area contributed by atoms with Gasteiger partial charge in [0.15, 0.2) is 0 Å². The number of aromatic nitrogens is 3. The van der Waals surface area contributed by atoms with Gasteiger partial charge >= 0.3 is 0 Å². The molecule has 100 valence electrons. The van der Waals surface area contributed by atoms with Crippen LogP contribution in [0.2, 0.25) is 0 Å². The third kappa shape index (κ3) is 3.59. The first-order chi connectivity index (χ1) is 9.04. The molecule has 2 aromatic rings. The quantitative estimate of drug-likeness (QED) is 0.776. The van der Waals surface area contributed by atoms with Crippen LogP contribution in [0.25, 0.3) is 0 Å². The number of aliphatic hydroxyl groups is 1. The third-order valence-electron chi connectivity index (χ3n) is 2.46. The molecule has 1 unspecified atom stereocenters. The van der Waals surface area contributed by atoms with Gasteiger partial charge in [0, 0.05) is 0 Å². The number of carbonyl (C=O) groups excluding carboxylic acids is 1. The van der Waals surface area contributed by atoms with Crippen molar-refractivity contribution in [2.24, 2.45) is 0 Å². The highest BCUT2D eigenvalue weighted by Crippen LogP contribution is 2.17. The molecule has 0 bridgehead atoms. The summed E-state index contributed by atoms with van der Waals surface area (Å²) in [5.74, 6) is -0.188. The van der Waals surface area contributed by atoms with E-state index >= 15 is 0 Å². The lowest BCUT2D eigenvalue weighted by molar-refractivity contribution is -0.118. The van der Waals surface area contributed by atoms with E-state index < -0.39 is 17.8 Å². The number of carbonyl (C=O) groups is 1. The number of hydrogen-bond donors (Lipinski definition) is 3. The van der Waals surface area contributed by atoms with Crippen molar-refractivity contribution in [2.75, 3.05) is 5.32 Å². The number of anilines is 1. The molecule has 0 aliphatic carbocycles. The summed E-state index contributed by atoms with van der Waals surface area (Å²) in [5.41, 5.74) is 0.348. The van der Waals surface area contributed by atoms with Gasteiger partial charge in [-0.2, -0.15) is 4.98 Å². The number of benzene rings is 1. The second-order valence-corrected chi connectivity index (χ2v) is 4.07. The maximum atomic E-state index is 13.0. The summed E-state index contributed by atoms with van der Waals surface area (Å²) in [6.07, 6.45) is -1.27. The maximum Gasteiger partial charge on any atom is 0.248 e. The number of aromatic amines is 1. The minimum Gasteiger partial charge on any atom is -0.388 e. The zero-order valence-electron chi connectivity index (χ0n) is 10.2. The molecule has 0 radical (unpaired) electrons. The fraction of sp³-hybridized carbons (Fsp3) is 0.250. The Kier molecular flexibility index (Phi) is 3.86. The van der Waals surface area contributed by atoms with Crippen molar-refractivity contribution in [1.29, 1.82) is 0 Å². The van der Waals surface area contributed by atoms with Gasteiger partial charge in [0.05, 0.1) is 12.5 Å². The van der Waals surface area contributed by atoms with E-state index in [1.165, 1.54) is 18.2 Å². The predicted molar refractivity (Wildman–Crippen MR) is 65.7 cm³/mol. The molecule has 0 aliphatic rings. The first-order valence-corrected chi connectivity index (χ1v) is 5.67. The number of aliphatic hydroxyl groups excluding tert-OH is 1. The number of nitrogens with one attached hydrogen (secondary N) is 2. The highest BCUT2D eigenvalue weighted by atomic mass is 19.1. The van der Waals surface area contributed by atoms with Crippen LogP contribution in [0.4, 0.5) is 10.3 Å². The Balaban J connectivity index is 1.95. The number of aryl methyl sites for hydroxylation is 1. The average Bonchev–Trinajstić information content (AvgIpc) is 2.74. The zero-order chi connectivity index (χ0) is 13.8. The van der Waals surface area contributed by atoms with E-state index in [9.17, 15) is 14.3 Å². The third-order valence-corrected chi connectivity index (χ3v) is 2.46. The van der Waals surface area contributed by atoms with E-state index in [0.29, 0.717) is 11.4 Å². The number of rotatable bonds is 4. The molecule has 19 heavy (non-hydrogen) atoms. The number of amides is 1. The highest BCUT2D eigenvalue weighted by Gasteiger charge is 2.14. The second-order valence-electron chi connectivity index (χ2n) is 4.07. The summed E-state index contributed by atoms with van der Waals surface area (Å²) in [4.78, 5) is 15.5. The molecule has 0 spiro atoms. The van der Waals surface area contributed by atoms with Crippen LogP contribution < -0.4 is 5.32 Å². The monoisotopic (exact) mass is 264 g/mol. The van der Waals surface area contributed by atoms with E-state index in [1.54, 1.807) is 13.0 Å². The van der Waals surface area contributed by atoms with Crippen molar-refractivity contribution in [3.05, 3.63) is 41.5 Å². The predicted octanol–water partition coefficient (Wildman–Crippen LogP) is 1.31. The van der Waals surface area contributed by atoms with Gasteiger partial charge in [-0.25, -0.2) is 4.39 Å². The van der Waals surface area contributed by atoms with E-state index in [2.05, 4.69) is 20.5 Å². The Morgan fingerprint density at radius 1 is 1.58 bits per heavy atom. The summed E-state index contributed by atoms with van der Waals surface area (Å²) in [6.45, 7) is 1.70. The lowest BCUT2D eigenvalue weighted by Gasteiger charge is -2.10. The van der Waals surface area contributed by atoms with Crippen LogP contribution in [0.15, 0.2) is 24.3 Å². The van der Waals surface area contributed by atoms with Gasteiger partial charge < -0.3 is 5.11 Å². The molecule has 0 aliphatic heterocycles. The van der Waals surface area contributed by atoms with Crippen molar-refractivity contribution < 1.29 is 14.3 Å². The van der Waals surface area contributed by atoms with Gasteiger partial charge in [0.25, 0.3) is 0 Å². The zero-order valence-corrected chi connectivity index (χ0v) is 10.2. The van der Waals surface area contributed by atoms with Gasteiger partial charge in [-0.1, -0.05) is 12.1 Å².